The molecule has 0 aromatic heterocycles. The minimum atomic E-state index is -0.275. The van der Waals surface area contributed by atoms with Crippen LogP contribution in [0.3, 0.4) is 0 Å². The van der Waals surface area contributed by atoms with Crippen molar-refractivity contribution in [2.75, 3.05) is 24.5 Å². The van der Waals surface area contributed by atoms with Crippen LogP contribution in [0.1, 0.15) is 19.3 Å². The van der Waals surface area contributed by atoms with E-state index < -0.39 is 0 Å². The molecule has 22 heavy (non-hydrogen) atoms. The molecule has 0 spiro atoms. The number of nitrogens with two attached hydrogens (primary N) is 1. The normalized spacial score (nSPS) is 17.3. The summed E-state index contributed by atoms with van der Waals surface area (Å²) in [7, 11) is 0. The maximum Gasteiger partial charge on any atom is 0.227 e. The average molecular weight is 391 g/mol. The van der Waals surface area contributed by atoms with E-state index in [9.17, 15) is 9.59 Å². The van der Waals surface area contributed by atoms with Crippen LogP contribution in [-0.4, -0.2) is 31.4 Å². The smallest absolute Gasteiger partial charge is 0.227 e. The Hall–Kier alpha value is -1.11. The van der Waals surface area contributed by atoms with Crippen LogP contribution in [-0.2, 0) is 9.59 Å². The van der Waals surface area contributed by atoms with E-state index in [1.165, 1.54) is 0 Å². The summed E-state index contributed by atoms with van der Waals surface area (Å²) in [6, 6.07) is 7.55. The Morgan fingerprint density at radius 2 is 2.09 bits per heavy atom. The van der Waals surface area contributed by atoms with Gasteiger partial charge in [-0.05, 0) is 47.4 Å². The van der Waals surface area contributed by atoms with Crippen molar-refractivity contribution >= 4 is 45.8 Å². The van der Waals surface area contributed by atoms with Crippen molar-refractivity contribution in [3.8, 4) is 0 Å². The van der Waals surface area contributed by atoms with Gasteiger partial charge in [-0.25, -0.2) is 0 Å². The highest BCUT2D eigenvalue weighted by Gasteiger charge is 2.35. The number of hydrogen-bond acceptors (Lipinski definition) is 3. The first-order chi connectivity index (χ1) is 10.1. The fraction of sp³-hybridized carbons (Fsp3) is 0.467. The van der Waals surface area contributed by atoms with E-state index in [1.54, 1.807) is 4.90 Å². The first kappa shape index (κ1) is 18.9. The second kappa shape index (κ2) is 9.12. The number of nitrogens with zero attached hydrogens (tertiary/aromatic N) is 1. The molecule has 1 fully saturated rings. The SMILES string of the molecule is Cl.NCCCCNC(=O)C1CC(=O)N(c2ccccc2Br)C1. The number of nitrogens with one attached hydrogen (secondary N) is 1. The van der Waals surface area contributed by atoms with Crippen molar-refractivity contribution < 1.29 is 9.59 Å². The lowest BCUT2D eigenvalue weighted by Gasteiger charge is -2.18. The molecule has 1 aromatic carbocycles. The van der Waals surface area contributed by atoms with Crippen molar-refractivity contribution in [1.29, 1.82) is 0 Å². The number of halogens is 2. The maximum absolute atomic E-state index is 12.1. The second-order valence-corrected chi connectivity index (χ2v) is 6.00. The van der Waals surface area contributed by atoms with Crippen LogP contribution in [0.25, 0.3) is 0 Å². The van der Waals surface area contributed by atoms with Gasteiger partial charge in [-0.3, -0.25) is 9.59 Å². The molecule has 2 rings (SSSR count). The number of benzene rings is 1. The summed E-state index contributed by atoms with van der Waals surface area (Å²) >= 11 is 3.44. The van der Waals surface area contributed by atoms with Gasteiger partial charge >= 0.3 is 0 Å². The summed E-state index contributed by atoms with van der Waals surface area (Å²) in [6.45, 7) is 1.69. The van der Waals surface area contributed by atoms with Crippen LogP contribution in [0.5, 0.6) is 0 Å². The number of amides is 2. The van der Waals surface area contributed by atoms with Gasteiger partial charge in [0.25, 0.3) is 0 Å². The van der Waals surface area contributed by atoms with Gasteiger partial charge in [-0.15, -0.1) is 12.4 Å². The predicted octanol–water partition coefficient (Wildman–Crippen LogP) is 2.08. The molecule has 0 saturated carbocycles. The fourth-order valence-corrected chi connectivity index (χ4v) is 2.91. The molecule has 1 saturated heterocycles. The Balaban J connectivity index is 0.00000242. The third kappa shape index (κ3) is 4.69. The second-order valence-electron chi connectivity index (χ2n) is 5.14. The zero-order chi connectivity index (χ0) is 15.2. The molecule has 0 bridgehead atoms. The Labute approximate surface area is 145 Å². The Morgan fingerprint density at radius 3 is 2.77 bits per heavy atom. The maximum atomic E-state index is 12.1. The third-order valence-electron chi connectivity index (χ3n) is 3.57. The Bertz CT molecular complexity index is 527. The summed E-state index contributed by atoms with van der Waals surface area (Å²) in [6.07, 6.45) is 2.04. The molecule has 0 radical (unpaired) electrons. The zero-order valence-electron chi connectivity index (χ0n) is 12.3. The standard InChI is InChI=1S/C15H20BrN3O2.ClH/c16-12-5-1-2-6-13(12)19-10-11(9-14(19)20)15(21)18-8-4-3-7-17;/h1-2,5-6,11H,3-4,7-10,17H2,(H,18,21);1H. The number of rotatable bonds is 6. The molecule has 1 aliphatic heterocycles. The number of para-hydroxylation sites is 1. The van der Waals surface area contributed by atoms with Crippen LogP contribution >= 0.6 is 28.3 Å². The third-order valence-corrected chi connectivity index (χ3v) is 4.24. The average Bonchev–Trinajstić information content (AvgIpc) is 2.86. The van der Waals surface area contributed by atoms with Crippen molar-refractivity contribution in [3.63, 3.8) is 0 Å². The fourth-order valence-electron chi connectivity index (χ4n) is 2.41. The molecule has 1 aromatic rings. The first-order valence-electron chi connectivity index (χ1n) is 7.16. The number of unbranched alkanes of at least 4 members (excludes halogenated alkanes) is 1. The summed E-state index contributed by atoms with van der Waals surface area (Å²) < 4.78 is 0.863. The van der Waals surface area contributed by atoms with Gasteiger partial charge in [0.15, 0.2) is 0 Å². The number of anilines is 1. The summed E-state index contributed by atoms with van der Waals surface area (Å²) in [5.74, 6) is -0.332. The molecule has 7 heteroatoms. The van der Waals surface area contributed by atoms with Gasteiger partial charge in [-0.2, -0.15) is 0 Å². The molecule has 1 heterocycles. The number of hydrogen-bond donors (Lipinski definition) is 2. The first-order valence-corrected chi connectivity index (χ1v) is 7.95. The minimum absolute atomic E-state index is 0. The van der Waals surface area contributed by atoms with E-state index in [-0.39, 0.29) is 36.6 Å². The molecule has 3 N–H and O–H groups in total. The molecule has 1 atom stereocenters. The molecule has 0 aliphatic carbocycles. The molecular formula is C15H21BrClN3O2. The lowest BCUT2D eigenvalue weighted by Crippen LogP contribution is -2.33. The molecular weight excluding hydrogens is 370 g/mol. The van der Waals surface area contributed by atoms with Gasteiger partial charge in [0.05, 0.1) is 11.6 Å². The molecule has 1 unspecified atom stereocenters. The van der Waals surface area contributed by atoms with Gasteiger partial charge in [0.2, 0.25) is 11.8 Å². The van der Waals surface area contributed by atoms with Crippen molar-refractivity contribution in [2.24, 2.45) is 11.7 Å². The van der Waals surface area contributed by atoms with Crippen LogP contribution in [0, 0.1) is 5.92 Å². The summed E-state index contributed by atoms with van der Waals surface area (Å²) in [5, 5.41) is 2.88. The highest BCUT2D eigenvalue weighted by atomic mass is 79.9. The Kier molecular flexibility index (Phi) is 7.85. The summed E-state index contributed by atoms with van der Waals surface area (Å²) in [5.41, 5.74) is 6.23. The topological polar surface area (TPSA) is 75.4 Å². The summed E-state index contributed by atoms with van der Waals surface area (Å²) in [4.78, 5) is 25.9. The highest BCUT2D eigenvalue weighted by molar-refractivity contribution is 9.10. The van der Waals surface area contributed by atoms with Gasteiger partial charge in [-0.1, -0.05) is 12.1 Å². The van der Waals surface area contributed by atoms with Crippen molar-refractivity contribution in [3.05, 3.63) is 28.7 Å². The van der Waals surface area contributed by atoms with Gasteiger partial charge in [0.1, 0.15) is 0 Å². The quantitative estimate of drug-likeness (QED) is 0.730. The monoisotopic (exact) mass is 389 g/mol. The van der Waals surface area contributed by atoms with E-state index in [0.717, 1.165) is 23.0 Å². The molecule has 5 nitrogen and oxygen atoms in total. The zero-order valence-corrected chi connectivity index (χ0v) is 14.7. The van der Waals surface area contributed by atoms with Crippen LogP contribution < -0.4 is 16.0 Å². The molecule has 1 aliphatic rings. The number of carbonyl (C=O) groups excluding carboxylic acids is 2. The van der Waals surface area contributed by atoms with E-state index in [0.29, 0.717) is 19.6 Å². The van der Waals surface area contributed by atoms with Gasteiger partial charge < -0.3 is 16.0 Å². The van der Waals surface area contributed by atoms with E-state index >= 15 is 0 Å². The highest BCUT2D eigenvalue weighted by Crippen LogP contribution is 2.31. The minimum Gasteiger partial charge on any atom is -0.356 e. The van der Waals surface area contributed by atoms with E-state index in [4.69, 9.17) is 5.73 Å². The molecule has 122 valence electrons. The van der Waals surface area contributed by atoms with Crippen LogP contribution in [0.2, 0.25) is 0 Å². The number of carbonyl (C=O) groups is 2. The van der Waals surface area contributed by atoms with Crippen molar-refractivity contribution in [1.82, 2.24) is 5.32 Å². The van der Waals surface area contributed by atoms with Crippen LogP contribution in [0.4, 0.5) is 5.69 Å². The largest absolute Gasteiger partial charge is 0.356 e. The van der Waals surface area contributed by atoms with Crippen molar-refractivity contribution in [2.45, 2.75) is 19.3 Å². The van der Waals surface area contributed by atoms with E-state index in [2.05, 4.69) is 21.2 Å². The van der Waals surface area contributed by atoms with Gasteiger partial charge in [0, 0.05) is 24.0 Å². The molecule has 2 amide bonds. The van der Waals surface area contributed by atoms with E-state index in [1.807, 2.05) is 24.3 Å². The van der Waals surface area contributed by atoms with Crippen LogP contribution in [0.15, 0.2) is 28.7 Å². The Morgan fingerprint density at radius 1 is 1.36 bits per heavy atom. The predicted molar refractivity (Wildman–Crippen MR) is 93.1 cm³/mol. The lowest BCUT2D eigenvalue weighted by atomic mass is 10.1. The lowest BCUT2D eigenvalue weighted by molar-refractivity contribution is -0.126.